The minimum Gasteiger partial charge on any atom is -0.372 e. The first-order valence-corrected chi connectivity index (χ1v) is 7.56. The zero-order chi connectivity index (χ0) is 18.7. The maximum absolute atomic E-state index is 12.9. The topological polar surface area (TPSA) is 93.4 Å². The first-order valence-electron chi connectivity index (χ1n) is 7.56. The van der Waals surface area contributed by atoms with Gasteiger partial charge in [-0.3, -0.25) is 4.68 Å². The Morgan fingerprint density at radius 3 is 2.54 bits per heavy atom. The molecule has 0 amide bonds. The molecule has 3 aromatic rings. The fraction of sp³-hybridized carbons (Fsp3) is 0.267. The van der Waals surface area contributed by atoms with Gasteiger partial charge in [0, 0.05) is 31.8 Å². The van der Waals surface area contributed by atoms with E-state index in [1.807, 2.05) is 0 Å². The maximum Gasteiger partial charge on any atom is 0.421 e. The number of hydrogen-bond acceptors (Lipinski definition) is 7. The highest BCUT2D eigenvalue weighted by Gasteiger charge is 2.35. The van der Waals surface area contributed by atoms with Gasteiger partial charge in [0.05, 0.1) is 11.4 Å². The summed E-state index contributed by atoms with van der Waals surface area (Å²) in [6, 6.07) is 1.71. The molecule has 0 unspecified atom stereocenters. The highest BCUT2D eigenvalue weighted by Crippen LogP contribution is 2.33. The van der Waals surface area contributed by atoms with Gasteiger partial charge >= 0.3 is 6.18 Å². The van der Waals surface area contributed by atoms with Gasteiger partial charge in [0.15, 0.2) is 0 Å². The van der Waals surface area contributed by atoms with Gasteiger partial charge in [0.1, 0.15) is 23.8 Å². The summed E-state index contributed by atoms with van der Waals surface area (Å²) in [7, 11) is 1.37. The molecule has 0 saturated carbocycles. The smallest absolute Gasteiger partial charge is 0.372 e. The van der Waals surface area contributed by atoms with Crippen molar-refractivity contribution >= 4 is 17.5 Å². The average molecular weight is 364 g/mol. The van der Waals surface area contributed by atoms with Crippen LogP contribution in [0.25, 0.3) is 0 Å². The number of nitrogens with zero attached hydrogens (tertiary/aromatic N) is 6. The van der Waals surface area contributed by atoms with Gasteiger partial charge in [0.25, 0.3) is 0 Å². The zero-order valence-corrected chi connectivity index (χ0v) is 13.9. The lowest BCUT2D eigenvalue weighted by atomic mass is 10.3. The second-order valence-electron chi connectivity index (χ2n) is 5.32. The zero-order valence-electron chi connectivity index (χ0n) is 13.9. The predicted octanol–water partition coefficient (Wildman–Crippen LogP) is 2.62. The molecule has 0 spiro atoms. The second-order valence-corrected chi connectivity index (χ2v) is 5.32. The van der Waals surface area contributed by atoms with Crippen molar-refractivity contribution in [3.63, 3.8) is 0 Å². The predicted molar refractivity (Wildman–Crippen MR) is 88.0 cm³/mol. The molecule has 3 heterocycles. The van der Waals surface area contributed by atoms with Crippen LogP contribution in [-0.2, 0) is 12.7 Å². The summed E-state index contributed by atoms with van der Waals surface area (Å²) in [5, 5.41) is 9.63. The van der Waals surface area contributed by atoms with Crippen LogP contribution in [0, 0.1) is 6.92 Å². The largest absolute Gasteiger partial charge is 0.421 e. The number of halogens is 3. The Hall–Kier alpha value is -3.24. The lowest BCUT2D eigenvalue weighted by molar-refractivity contribution is -0.137. The fourth-order valence-electron chi connectivity index (χ4n) is 2.24. The van der Waals surface area contributed by atoms with Gasteiger partial charge < -0.3 is 10.6 Å². The summed E-state index contributed by atoms with van der Waals surface area (Å²) < 4.78 is 40.3. The quantitative estimate of drug-likeness (QED) is 0.719. The van der Waals surface area contributed by atoms with Crippen LogP contribution >= 0.6 is 0 Å². The first-order chi connectivity index (χ1) is 12.4. The lowest BCUT2D eigenvalue weighted by Gasteiger charge is -2.12. The fourth-order valence-corrected chi connectivity index (χ4v) is 2.24. The lowest BCUT2D eigenvalue weighted by Crippen LogP contribution is -2.12. The number of hydrogen-bond donors (Lipinski definition) is 2. The minimum atomic E-state index is -4.53. The molecule has 2 N–H and O–H groups in total. The minimum absolute atomic E-state index is 0.0287. The van der Waals surface area contributed by atoms with Crippen LogP contribution in [-0.4, -0.2) is 36.8 Å². The van der Waals surface area contributed by atoms with Gasteiger partial charge in [-0.25, -0.2) is 15.0 Å². The molecule has 11 heteroatoms. The molecule has 26 heavy (non-hydrogen) atoms. The van der Waals surface area contributed by atoms with Crippen molar-refractivity contribution in [1.82, 2.24) is 29.7 Å². The Labute approximate surface area is 146 Å². The van der Waals surface area contributed by atoms with Gasteiger partial charge in [0.2, 0.25) is 5.95 Å². The van der Waals surface area contributed by atoms with Crippen molar-refractivity contribution in [1.29, 1.82) is 0 Å². The number of nitrogens with one attached hydrogen (secondary N) is 2. The Balaban J connectivity index is 1.81. The summed E-state index contributed by atoms with van der Waals surface area (Å²) in [6.07, 6.45) is 1.15. The Bertz CT molecular complexity index is 892. The number of aromatic nitrogens is 6. The number of rotatable bonds is 5. The Morgan fingerprint density at radius 2 is 1.88 bits per heavy atom. The summed E-state index contributed by atoms with van der Waals surface area (Å²) in [4.78, 5) is 15.9. The van der Waals surface area contributed by atoms with Crippen molar-refractivity contribution < 1.29 is 13.2 Å². The SMILES string of the molecule is CNc1nc(Nc2cn(Cc3ncccn3)nc2C)ncc1C(F)(F)F. The van der Waals surface area contributed by atoms with Crippen molar-refractivity contribution in [2.45, 2.75) is 19.6 Å². The third-order valence-corrected chi connectivity index (χ3v) is 3.45. The number of aryl methyl sites for hydroxylation is 1. The van der Waals surface area contributed by atoms with Crippen molar-refractivity contribution in [2.75, 3.05) is 17.7 Å². The maximum atomic E-state index is 12.9. The summed E-state index contributed by atoms with van der Waals surface area (Å²) in [5.41, 5.74) is 0.275. The van der Waals surface area contributed by atoms with Crippen LogP contribution in [0.4, 0.5) is 30.6 Å². The molecule has 0 aliphatic heterocycles. The second kappa shape index (κ2) is 6.94. The number of alkyl halides is 3. The van der Waals surface area contributed by atoms with Crippen LogP contribution in [0.3, 0.4) is 0 Å². The van der Waals surface area contributed by atoms with E-state index in [9.17, 15) is 13.2 Å². The molecule has 3 rings (SSSR count). The molecule has 136 valence electrons. The van der Waals surface area contributed by atoms with E-state index in [0.717, 1.165) is 6.20 Å². The van der Waals surface area contributed by atoms with Gasteiger partial charge in [-0.15, -0.1) is 0 Å². The Morgan fingerprint density at radius 1 is 1.15 bits per heavy atom. The Kier molecular flexibility index (Phi) is 4.69. The van der Waals surface area contributed by atoms with Gasteiger partial charge in [-0.1, -0.05) is 0 Å². The van der Waals surface area contributed by atoms with E-state index in [0.29, 0.717) is 23.8 Å². The summed E-state index contributed by atoms with van der Waals surface area (Å²) in [5.74, 6) is 0.309. The number of anilines is 3. The summed E-state index contributed by atoms with van der Waals surface area (Å²) >= 11 is 0. The molecule has 0 atom stereocenters. The van der Waals surface area contributed by atoms with E-state index in [4.69, 9.17) is 0 Å². The molecule has 3 aromatic heterocycles. The molecule has 0 aliphatic carbocycles. The average Bonchev–Trinajstić information content (AvgIpc) is 2.93. The van der Waals surface area contributed by atoms with Crippen molar-refractivity contribution in [3.8, 4) is 0 Å². The molecule has 0 saturated heterocycles. The van der Waals surface area contributed by atoms with Crippen molar-refractivity contribution in [3.05, 3.63) is 47.9 Å². The molecule has 8 nitrogen and oxygen atoms in total. The van der Waals surface area contributed by atoms with E-state index in [2.05, 4.69) is 35.7 Å². The van der Waals surface area contributed by atoms with E-state index in [1.54, 1.807) is 36.3 Å². The molecular weight excluding hydrogens is 349 g/mol. The molecule has 0 aromatic carbocycles. The standard InChI is InChI=1S/C15H15F3N8/c1-9-11(7-26(25-9)8-12-20-4-3-5-21-12)23-14-22-6-10(15(16,17)18)13(19-2)24-14/h3-7H,8H2,1-2H3,(H2,19,22,23,24). The van der Waals surface area contributed by atoms with Gasteiger partial charge in [-0.2, -0.15) is 23.3 Å². The molecule has 0 fully saturated rings. The van der Waals surface area contributed by atoms with Crippen LogP contribution in [0.15, 0.2) is 30.9 Å². The van der Waals surface area contributed by atoms with E-state index < -0.39 is 11.7 Å². The van der Waals surface area contributed by atoms with Crippen LogP contribution in [0.2, 0.25) is 0 Å². The molecule has 0 radical (unpaired) electrons. The van der Waals surface area contributed by atoms with E-state index in [1.165, 1.54) is 7.05 Å². The highest BCUT2D eigenvalue weighted by atomic mass is 19.4. The summed E-state index contributed by atoms with van der Waals surface area (Å²) in [6.45, 7) is 2.12. The van der Waals surface area contributed by atoms with Crippen LogP contribution < -0.4 is 10.6 Å². The first kappa shape index (κ1) is 17.6. The van der Waals surface area contributed by atoms with E-state index in [-0.39, 0.29) is 11.8 Å². The third-order valence-electron chi connectivity index (χ3n) is 3.45. The van der Waals surface area contributed by atoms with Gasteiger partial charge in [-0.05, 0) is 13.0 Å². The van der Waals surface area contributed by atoms with Crippen molar-refractivity contribution in [2.24, 2.45) is 0 Å². The molecule has 0 aliphatic rings. The normalized spacial score (nSPS) is 11.4. The van der Waals surface area contributed by atoms with Crippen LogP contribution in [0.1, 0.15) is 17.1 Å². The third kappa shape index (κ3) is 3.87. The highest BCUT2D eigenvalue weighted by molar-refractivity contribution is 5.57. The molecular formula is C15H15F3N8. The van der Waals surface area contributed by atoms with Crippen LogP contribution in [0.5, 0.6) is 0 Å². The van der Waals surface area contributed by atoms with E-state index >= 15 is 0 Å². The monoisotopic (exact) mass is 364 g/mol. The molecule has 0 bridgehead atoms.